The predicted octanol–water partition coefficient (Wildman–Crippen LogP) is 0.706. The lowest BCUT2D eigenvalue weighted by Crippen LogP contribution is -2.13. The van der Waals surface area contributed by atoms with E-state index in [1.165, 1.54) is 22.8 Å². The van der Waals surface area contributed by atoms with Crippen LogP contribution in [0.25, 0.3) is 5.78 Å². The molecule has 0 bridgehead atoms. The molecule has 3 rings (SSSR count). The Bertz CT molecular complexity index is 746. The van der Waals surface area contributed by atoms with Gasteiger partial charge in [0, 0.05) is 12.1 Å². The Morgan fingerprint density at radius 3 is 2.80 bits per heavy atom. The molecule has 0 spiro atoms. The van der Waals surface area contributed by atoms with Crippen LogP contribution >= 0.6 is 11.8 Å². The van der Waals surface area contributed by atoms with E-state index in [1.807, 2.05) is 19.9 Å². The van der Waals surface area contributed by atoms with Crippen molar-refractivity contribution < 1.29 is 0 Å². The van der Waals surface area contributed by atoms with Gasteiger partial charge in [0.25, 0.3) is 5.78 Å². The number of aromatic nitrogens is 7. The molecule has 20 heavy (non-hydrogen) atoms. The maximum atomic E-state index is 5.96. The zero-order valence-electron chi connectivity index (χ0n) is 11.2. The van der Waals surface area contributed by atoms with Gasteiger partial charge in [-0.3, -0.25) is 0 Å². The standard InChI is InChI=1S/C11H14N8S/c1-3-7-5-9(19-10(15-7)13-6-14-19)20-11-17-16-8(4-2)18(11)12/h5-6H,3-4,12H2,1-2H3. The molecule has 0 aromatic carbocycles. The third-order valence-electron chi connectivity index (χ3n) is 2.88. The van der Waals surface area contributed by atoms with E-state index in [4.69, 9.17) is 5.84 Å². The van der Waals surface area contributed by atoms with Gasteiger partial charge in [0.1, 0.15) is 11.4 Å². The summed E-state index contributed by atoms with van der Waals surface area (Å²) in [7, 11) is 0. The van der Waals surface area contributed by atoms with Gasteiger partial charge in [-0.1, -0.05) is 13.8 Å². The summed E-state index contributed by atoms with van der Waals surface area (Å²) in [5, 5.41) is 13.8. The average molecular weight is 290 g/mol. The van der Waals surface area contributed by atoms with Crippen molar-refractivity contribution >= 4 is 17.5 Å². The van der Waals surface area contributed by atoms with Gasteiger partial charge < -0.3 is 5.84 Å². The molecule has 104 valence electrons. The minimum absolute atomic E-state index is 0.575. The van der Waals surface area contributed by atoms with Gasteiger partial charge in [-0.25, -0.2) is 9.66 Å². The van der Waals surface area contributed by atoms with Crippen LogP contribution in [0.5, 0.6) is 0 Å². The molecule has 3 aromatic heterocycles. The van der Waals surface area contributed by atoms with Gasteiger partial charge in [-0.15, -0.1) is 10.2 Å². The molecule has 8 nitrogen and oxygen atoms in total. The van der Waals surface area contributed by atoms with Crippen molar-refractivity contribution in [2.75, 3.05) is 5.84 Å². The van der Waals surface area contributed by atoms with Gasteiger partial charge in [0.05, 0.1) is 0 Å². The van der Waals surface area contributed by atoms with Crippen molar-refractivity contribution in [2.45, 2.75) is 36.9 Å². The number of rotatable bonds is 4. The van der Waals surface area contributed by atoms with Crippen molar-refractivity contribution in [1.29, 1.82) is 0 Å². The fourth-order valence-corrected chi connectivity index (χ4v) is 2.68. The van der Waals surface area contributed by atoms with Crippen LogP contribution in [-0.4, -0.2) is 34.5 Å². The van der Waals surface area contributed by atoms with E-state index >= 15 is 0 Å². The van der Waals surface area contributed by atoms with Crippen molar-refractivity contribution in [2.24, 2.45) is 0 Å². The van der Waals surface area contributed by atoms with Crippen LogP contribution in [-0.2, 0) is 12.8 Å². The largest absolute Gasteiger partial charge is 0.336 e. The quantitative estimate of drug-likeness (QED) is 0.557. The van der Waals surface area contributed by atoms with E-state index in [0.717, 1.165) is 29.4 Å². The fraction of sp³-hybridized carbons (Fsp3) is 0.364. The van der Waals surface area contributed by atoms with Crippen LogP contribution < -0.4 is 5.84 Å². The zero-order valence-corrected chi connectivity index (χ0v) is 12.0. The summed E-state index contributed by atoms with van der Waals surface area (Å²) >= 11 is 1.40. The molecule has 2 N–H and O–H groups in total. The number of nitrogens with two attached hydrogens (primary N) is 1. The molecule has 3 aromatic rings. The number of hydrogen-bond donors (Lipinski definition) is 1. The minimum Gasteiger partial charge on any atom is -0.336 e. The van der Waals surface area contributed by atoms with Crippen molar-refractivity contribution in [3.63, 3.8) is 0 Å². The summed E-state index contributed by atoms with van der Waals surface area (Å²) in [4.78, 5) is 8.53. The summed E-state index contributed by atoms with van der Waals surface area (Å²) in [5.74, 6) is 7.28. The summed E-state index contributed by atoms with van der Waals surface area (Å²) in [6.45, 7) is 4.03. The van der Waals surface area contributed by atoms with Gasteiger partial charge >= 0.3 is 0 Å². The fourth-order valence-electron chi connectivity index (χ4n) is 1.80. The second-order valence-electron chi connectivity index (χ2n) is 4.14. The normalized spacial score (nSPS) is 11.3. The maximum Gasteiger partial charge on any atom is 0.253 e. The third-order valence-corrected chi connectivity index (χ3v) is 3.84. The van der Waals surface area contributed by atoms with Gasteiger partial charge in [0.15, 0.2) is 5.82 Å². The highest BCUT2D eigenvalue weighted by atomic mass is 32.2. The zero-order chi connectivity index (χ0) is 14.1. The first-order chi connectivity index (χ1) is 9.72. The minimum atomic E-state index is 0.575. The SMILES string of the molecule is CCc1cc(Sc2nnc(CC)n2N)n2ncnc2n1. The molecule has 0 radical (unpaired) electrons. The van der Waals surface area contributed by atoms with Crippen LogP contribution in [0.1, 0.15) is 25.4 Å². The third kappa shape index (κ3) is 2.09. The van der Waals surface area contributed by atoms with Gasteiger partial charge in [-0.2, -0.15) is 14.6 Å². The van der Waals surface area contributed by atoms with Crippen LogP contribution in [0.4, 0.5) is 0 Å². The lowest BCUT2D eigenvalue weighted by atomic mass is 10.3. The Morgan fingerprint density at radius 2 is 2.10 bits per heavy atom. The number of hydrogen-bond acceptors (Lipinski definition) is 7. The van der Waals surface area contributed by atoms with Crippen LogP contribution in [0, 0.1) is 0 Å². The van der Waals surface area contributed by atoms with Crippen molar-refractivity contribution in [3.8, 4) is 0 Å². The molecule has 0 atom stereocenters. The molecule has 0 unspecified atom stereocenters. The van der Waals surface area contributed by atoms with E-state index in [0.29, 0.717) is 10.9 Å². The highest BCUT2D eigenvalue weighted by Crippen LogP contribution is 2.26. The highest BCUT2D eigenvalue weighted by Gasteiger charge is 2.14. The van der Waals surface area contributed by atoms with Crippen LogP contribution in [0.2, 0.25) is 0 Å². The van der Waals surface area contributed by atoms with Crippen LogP contribution in [0.3, 0.4) is 0 Å². The average Bonchev–Trinajstić information content (AvgIpc) is 3.06. The Kier molecular flexibility index (Phi) is 3.26. The molecule has 0 aliphatic heterocycles. The molecular weight excluding hydrogens is 276 g/mol. The molecule has 9 heteroatoms. The lowest BCUT2D eigenvalue weighted by molar-refractivity contribution is 0.784. The summed E-state index contributed by atoms with van der Waals surface area (Å²) in [6.07, 6.45) is 3.04. The first kappa shape index (κ1) is 12.9. The van der Waals surface area contributed by atoms with Crippen LogP contribution in [0.15, 0.2) is 22.6 Å². The van der Waals surface area contributed by atoms with E-state index in [-0.39, 0.29) is 0 Å². The first-order valence-corrected chi connectivity index (χ1v) is 7.11. The van der Waals surface area contributed by atoms with Gasteiger partial charge in [0.2, 0.25) is 5.16 Å². The number of nitrogen functional groups attached to an aromatic ring is 1. The Hall–Kier alpha value is -2.16. The molecule has 3 heterocycles. The number of nitrogens with zero attached hydrogens (tertiary/aromatic N) is 7. The Morgan fingerprint density at radius 1 is 1.25 bits per heavy atom. The first-order valence-electron chi connectivity index (χ1n) is 6.29. The molecule has 0 amide bonds. The van der Waals surface area contributed by atoms with Gasteiger partial charge in [-0.05, 0) is 24.2 Å². The second-order valence-corrected chi connectivity index (χ2v) is 5.12. The molecular formula is C11H14N8S. The monoisotopic (exact) mass is 290 g/mol. The smallest absolute Gasteiger partial charge is 0.253 e. The lowest BCUT2D eigenvalue weighted by Gasteiger charge is -2.05. The van der Waals surface area contributed by atoms with Crippen molar-refractivity contribution in [3.05, 3.63) is 23.9 Å². The Labute approximate surface area is 119 Å². The molecule has 0 fully saturated rings. The molecule has 0 aliphatic rings. The van der Waals surface area contributed by atoms with E-state index < -0.39 is 0 Å². The molecule has 0 aliphatic carbocycles. The van der Waals surface area contributed by atoms with E-state index in [1.54, 1.807) is 4.52 Å². The topological polar surface area (TPSA) is 99.8 Å². The summed E-state index contributed by atoms with van der Waals surface area (Å²) in [5.41, 5.74) is 0.951. The number of aryl methyl sites for hydroxylation is 2. The summed E-state index contributed by atoms with van der Waals surface area (Å²) in [6, 6.07) is 1.96. The summed E-state index contributed by atoms with van der Waals surface area (Å²) < 4.78 is 3.17. The highest BCUT2D eigenvalue weighted by molar-refractivity contribution is 7.99. The Balaban J connectivity index is 2.05. The van der Waals surface area contributed by atoms with E-state index in [2.05, 4.69) is 25.3 Å². The molecule has 0 saturated heterocycles. The predicted molar refractivity (Wildman–Crippen MR) is 73.8 cm³/mol. The number of fused-ring (bicyclic) bond motifs is 1. The van der Waals surface area contributed by atoms with E-state index in [9.17, 15) is 0 Å². The second kappa shape index (κ2) is 5.08. The van der Waals surface area contributed by atoms with Crippen molar-refractivity contribution in [1.82, 2.24) is 34.5 Å². The molecule has 0 saturated carbocycles. The maximum absolute atomic E-state index is 5.96.